The Morgan fingerprint density at radius 1 is 1.27 bits per heavy atom. The topological polar surface area (TPSA) is 62.6 Å². The lowest BCUT2D eigenvalue weighted by molar-refractivity contribution is -0.147. The van der Waals surface area contributed by atoms with Crippen LogP contribution in [0.2, 0.25) is 0 Å². The Bertz CT molecular complexity index is 544. The zero-order valence-corrected chi connectivity index (χ0v) is 14.5. The van der Waals surface area contributed by atoms with Crippen LogP contribution in [-0.2, 0) is 14.1 Å². The number of hydrogen-bond acceptors (Lipinski definition) is 5. The molecule has 6 nitrogen and oxygen atoms in total. The molecule has 122 valence electrons. The van der Waals surface area contributed by atoms with Gasteiger partial charge in [0.2, 0.25) is 0 Å². The third-order valence-electron chi connectivity index (χ3n) is 3.98. The molecule has 0 N–H and O–H groups in total. The van der Waals surface area contributed by atoms with Gasteiger partial charge in [-0.2, -0.15) is 0 Å². The molecular weight excluding hydrogens is 283 g/mol. The zero-order valence-electron chi connectivity index (χ0n) is 14.5. The van der Waals surface area contributed by atoms with Gasteiger partial charge in [-0.15, -0.1) is 5.10 Å². The van der Waals surface area contributed by atoms with Crippen molar-refractivity contribution in [2.24, 2.45) is 5.41 Å². The van der Waals surface area contributed by atoms with Gasteiger partial charge in [0.05, 0.1) is 30.0 Å². The standard InChI is InChI=1S/C15H25BN2O4/c1-13(2,3)8-12(19)20-18-10-11(9-17-18)16-21-14(4,5)15(6,7)22-16/h9-10H,8H2,1-7H3. The van der Waals surface area contributed by atoms with Crippen molar-refractivity contribution in [3.8, 4) is 0 Å². The molecule has 0 atom stereocenters. The first-order chi connectivity index (χ1) is 9.90. The Hall–Kier alpha value is -1.34. The van der Waals surface area contributed by atoms with Gasteiger partial charge in [0, 0.05) is 5.46 Å². The maximum absolute atomic E-state index is 11.8. The van der Waals surface area contributed by atoms with E-state index in [0.29, 0.717) is 6.42 Å². The number of carbonyl (C=O) groups is 1. The van der Waals surface area contributed by atoms with E-state index in [1.54, 1.807) is 12.4 Å². The number of aromatic nitrogens is 2. The fourth-order valence-electron chi connectivity index (χ4n) is 2.04. The van der Waals surface area contributed by atoms with E-state index < -0.39 is 18.3 Å². The second-order valence-electron chi connectivity index (χ2n) is 7.97. The number of rotatable bonds is 3. The van der Waals surface area contributed by atoms with Crippen LogP contribution in [0, 0.1) is 5.41 Å². The molecule has 1 saturated heterocycles. The predicted octanol–water partition coefficient (Wildman–Crippen LogP) is 1.57. The van der Waals surface area contributed by atoms with E-state index in [1.165, 1.54) is 0 Å². The second-order valence-corrected chi connectivity index (χ2v) is 7.97. The number of carbonyl (C=O) groups excluding carboxylic acids is 1. The first-order valence-corrected chi connectivity index (χ1v) is 7.51. The van der Waals surface area contributed by atoms with Crippen LogP contribution in [0.25, 0.3) is 0 Å². The van der Waals surface area contributed by atoms with Gasteiger partial charge in [-0.25, -0.2) is 4.79 Å². The molecule has 0 unspecified atom stereocenters. The van der Waals surface area contributed by atoms with E-state index in [1.807, 2.05) is 48.5 Å². The normalized spacial score (nSPS) is 20.2. The van der Waals surface area contributed by atoms with Crippen LogP contribution >= 0.6 is 0 Å². The summed E-state index contributed by atoms with van der Waals surface area (Å²) in [6.45, 7) is 13.9. The molecular formula is C15H25BN2O4. The van der Waals surface area contributed by atoms with Crippen molar-refractivity contribution in [3.63, 3.8) is 0 Å². The van der Waals surface area contributed by atoms with Crippen LogP contribution in [0.1, 0.15) is 54.9 Å². The highest BCUT2D eigenvalue weighted by Gasteiger charge is 2.52. The summed E-state index contributed by atoms with van der Waals surface area (Å²) in [5.74, 6) is -0.323. The average Bonchev–Trinajstić information content (AvgIpc) is 2.79. The van der Waals surface area contributed by atoms with Gasteiger partial charge in [0.25, 0.3) is 0 Å². The van der Waals surface area contributed by atoms with E-state index in [9.17, 15) is 4.79 Å². The first-order valence-electron chi connectivity index (χ1n) is 7.51. The lowest BCUT2D eigenvalue weighted by Gasteiger charge is -2.32. The molecule has 22 heavy (non-hydrogen) atoms. The Morgan fingerprint density at radius 2 is 1.82 bits per heavy atom. The summed E-state index contributed by atoms with van der Waals surface area (Å²) in [6, 6.07) is 0. The monoisotopic (exact) mass is 308 g/mol. The van der Waals surface area contributed by atoms with E-state index in [-0.39, 0.29) is 11.4 Å². The van der Waals surface area contributed by atoms with Crippen LogP contribution in [0.5, 0.6) is 0 Å². The maximum atomic E-state index is 11.8. The Morgan fingerprint density at radius 3 is 2.32 bits per heavy atom. The summed E-state index contributed by atoms with van der Waals surface area (Å²) < 4.78 is 11.9. The molecule has 0 aromatic carbocycles. The van der Waals surface area contributed by atoms with Crippen molar-refractivity contribution in [1.82, 2.24) is 9.94 Å². The van der Waals surface area contributed by atoms with Gasteiger partial charge < -0.3 is 14.1 Å². The van der Waals surface area contributed by atoms with Gasteiger partial charge in [0.1, 0.15) is 0 Å². The van der Waals surface area contributed by atoms with Crippen molar-refractivity contribution < 1.29 is 18.9 Å². The van der Waals surface area contributed by atoms with E-state index in [2.05, 4.69) is 5.10 Å². The molecule has 1 aliphatic heterocycles. The van der Waals surface area contributed by atoms with Crippen molar-refractivity contribution >= 4 is 18.6 Å². The third kappa shape index (κ3) is 3.70. The lowest BCUT2D eigenvalue weighted by atomic mass is 9.82. The molecule has 0 bridgehead atoms. The highest BCUT2D eigenvalue weighted by Crippen LogP contribution is 2.36. The van der Waals surface area contributed by atoms with Gasteiger partial charge in [0.15, 0.2) is 0 Å². The largest absolute Gasteiger partial charge is 0.498 e. The number of nitrogens with zero attached hydrogens (tertiary/aromatic N) is 2. The van der Waals surface area contributed by atoms with Crippen molar-refractivity contribution in [3.05, 3.63) is 12.4 Å². The van der Waals surface area contributed by atoms with Crippen molar-refractivity contribution in [2.45, 2.75) is 66.1 Å². The molecule has 0 radical (unpaired) electrons. The maximum Gasteiger partial charge on any atom is 0.498 e. The average molecular weight is 308 g/mol. The Labute approximate surface area is 132 Å². The lowest BCUT2D eigenvalue weighted by Crippen LogP contribution is -2.41. The summed E-state index contributed by atoms with van der Waals surface area (Å²) >= 11 is 0. The fourth-order valence-corrected chi connectivity index (χ4v) is 2.04. The minimum Gasteiger partial charge on any atom is -0.399 e. The SMILES string of the molecule is CC(C)(C)CC(=O)On1cc(B2OC(C)(C)C(C)(C)O2)cn1. The molecule has 0 aliphatic carbocycles. The third-order valence-corrected chi connectivity index (χ3v) is 3.98. The summed E-state index contributed by atoms with van der Waals surface area (Å²) in [4.78, 5) is 18.2. The summed E-state index contributed by atoms with van der Waals surface area (Å²) in [5, 5.41) is 4.04. The van der Waals surface area contributed by atoms with E-state index in [4.69, 9.17) is 14.1 Å². The zero-order chi connectivity index (χ0) is 16.8. The van der Waals surface area contributed by atoms with Crippen molar-refractivity contribution in [2.75, 3.05) is 0 Å². The van der Waals surface area contributed by atoms with Crippen molar-refractivity contribution in [1.29, 1.82) is 0 Å². The minimum absolute atomic E-state index is 0.126. The van der Waals surface area contributed by atoms with Gasteiger partial charge in [-0.05, 0) is 33.1 Å². The van der Waals surface area contributed by atoms with Crippen LogP contribution < -0.4 is 10.3 Å². The Kier molecular flexibility index (Phi) is 4.17. The molecule has 2 rings (SSSR count). The molecule has 2 heterocycles. The fraction of sp³-hybridized carbons (Fsp3) is 0.733. The highest BCUT2D eigenvalue weighted by molar-refractivity contribution is 6.61. The van der Waals surface area contributed by atoms with E-state index >= 15 is 0 Å². The van der Waals surface area contributed by atoms with Crippen LogP contribution in [0.4, 0.5) is 0 Å². The second kappa shape index (κ2) is 5.39. The molecule has 7 heteroatoms. The first kappa shape index (κ1) is 17.0. The quantitative estimate of drug-likeness (QED) is 0.793. The minimum atomic E-state index is -0.514. The van der Waals surface area contributed by atoms with Crippen LogP contribution in [0.15, 0.2) is 12.4 Å². The van der Waals surface area contributed by atoms with Crippen LogP contribution in [-0.4, -0.2) is 34.2 Å². The smallest absolute Gasteiger partial charge is 0.399 e. The van der Waals surface area contributed by atoms with Gasteiger partial charge in [-0.1, -0.05) is 25.6 Å². The summed E-state index contributed by atoms with van der Waals surface area (Å²) in [7, 11) is -0.514. The highest BCUT2D eigenvalue weighted by atomic mass is 16.7. The summed E-state index contributed by atoms with van der Waals surface area (Å²) in [5.41, 5.74) is -0.230. The number of hydrogen-bond donors (Lipinski definition) is 0. The molecule has 1 aromatic rings. The van der Waals surface area contributed by atoms with E-state index in [0.717, 1.165) is 10.3 Å². The molecule has 1 aliphatic rings. The predicted molar refractivity (Wildman–Crippen MR) is 83.6 cm³/mol. The van der Waals surface area contributed by atoms with Gasteiger partial charge in [-0.3, -0.25) is 0 Å². The van der Waals surface area contributed by atoms with Crippen LogP contribution in [0.3, 0.4) is 0 Å². The molecule has 1 aromatic heterocycles. The molecule has 0 spiro atoms. The Balaban J connectivity index is 2.03. The summed E-state index contributed by atoms with van der Waals surface area (Å²) in [6.07, 6.45) is 3.52. The molecule has 1 fully saturated rings. The van der Waals surface area contributed by atoms with Gasteiger partial charge >= 0.3 is 13.1 Å². The molecule has 0 amide bonds. The molecule has 0 saturated carbocycles.